The average Bonchev–Trinajstić information content (AvgIpc) is 2.75. The number of aryl methyl sites for hydroxylation is 2. The van der Waals surface area contributed by atoms with E-state index in [1.165, 1.54) is 29.7 Å². The first-order valence-electron chi connectivity index (χ1n) is 7.07. The van der Waals surface area contributed by atoms with Gasteiger partial charge in [-0.1, -0.05) is 23.8 Å². The molecular weight excluding hydrogens is 220 g/mol. The van der Waals surface area contributed by atoms with Crippen LogP contribution in [0.3, 0.4) is 0 Å². The van der Waals surface area contributed by atoms with Crippen molar-refractivity contribution in [2.75, 3.05) is 13.1 Å². The zero-order valence-electron chi connectivity index (χ0n) is 12.1. The van der Waals surface area contributed by atoms with Crippen LogP contribution in [-0.4, -0.2) is 24.0 Å². The Morgan fingerprint density at radius 1 is 1.33 bits per heavy atom. The van der Waals surface area contributed by atoms with Gasteiger partial charge < -0.3 is 5.73 Å². The topological polar surface area (TPSA) is 29.3 Å². The third-order valence-corrected chi connectivity index (χ3v) is 4.28. The van der Waals surface area contributed by atoms with Crippen LogP contribution in [0.5, 0.6) is 0 Å². The molecule has 0 amide bonds. The van der Waals surface area contributed by atoms with E-state index in [4.69, 9.17) is 5.73 Å². The third-order valence-electron chi connectivity index (χ3n) is 4.28. The lowest BCUT2D eigenvalue weighted by Gasteiger charge is -2.32. The number of hydrogen-bond acceptors (Lipinski definition) is 2. The van der Waals surface area contributed by atoms with E-state index in [-0.39, 0.29) is 0 Å². The molecule has 0 saturated carbocycles. The van der Waals surface area contributed by atoms with Gasteiger partial charge >= 0.3 is 0 Å². The van der Waals surface area contributed by atoms with Gasteiger partial charge in [-0.2, -0.15) is 0 Å². The first-order valence-corrected chi connectivity index (χ1v) is 7.07. The van der Waals surface area contributed by atoms with Gasteiger partial charge in [-0.15, -0.1) is 0 Å². The van der Waals surface area contributed by atoms with Crippen LogP contribution in [-0.2, 0) is 0 Å². The molecule has 1 aliphatic rings. The summed E-state index contributed by atoms with van der Waals surface area (Å²) in [6.45, 7) is 10.9. The minimum absolute atomic E-state index is 0.509. The summed E-state index contributed by atoms with van der Waals surface area (Å²) in [5.41, 5.74) is 10.2. The summed E-state index contributed by atoms with van der Waals surface area (Å²) in [6, 6.07) is 7.89. The maximum Gasteiger partial charge on any atom is 0.0394 e. The lowest BCUT2D eigenvalue weighted by molar-refractivity contribution is 0.184. The van der Waals surface area contributed by atoms with Crippen LogP contribution in [0.25, 0.3) is 0 Å². The van der Waals surface area contributed by atoms with Crippen LogP contribution in [0.15, 0.2) is 18.2 Å². The first kappa shape index (κ1) is 13.6. The molecule has 1 aromatic rings. The SMILES string of the molecule is Cc1ccc(C)c(C2C(CN)CCN2C(C)C)c1. The number of benzene rings is 1. The molecule has 2 atom stereocenters. The Hall–Kier alpha value is -0.860. The van der Waals surface area contributed by atoms with Gasteiger partial charge in [-0.3, -0.25) is 4.90 Å². The number of nitrogens with zero attached hydrogens (tertiary/aromatic N) is 1. The normalized spacial score (nSPS) is 25.0. The van der Waals surface area contributed by atoms with Crippen LogP contribution >= 0.6 is 0 Å². The maximum absolute atomic E-state index is 5.99. The van der Waals surface area contributed by atoms with Crippen LogP contribution in [0.1, 0.15) is 43.0 Å². The van der Waals surface area contributed by atoms with Crippen molar-refractivity contribution < 1.29 is 0 Å². The van der Waals surface area contributed by atoms with Crippen molar-refractivity contribution >= 4 is 0 Å². The fourth-order valence-electron chi connectivity index (χ4n) is 3.22. The Morgan fingerprint density at radius 3 is 2.67 bits per heavy atom. The highest BCUT2D eigenvalue weighted by Gasteiger charge is 2.36. The highest BCUT2D eigenvalue weighted by atomic mass is 15.2. The van der Waals surface area contributed by atoms with Crippen molar-refractivity contribution in [3.63, 3.8) is 0 Å². The van der Waals surface area contributed by atoms with E-state index in [0.29, 0.717) is 18.0 Å². The molecular formula is C16H26N2. The van der Waals surface area contributed by atoms with Gasteiger partial charge in [0.25, 0.3) is 0 Å². The monoisotopic (exact) mass is 246 g/mol. The Labute approximate surface area is 111 Å². The second-order valence-corrected chi connectivity index (χ2v) is 5.92. The molecule has 1 fully saturated rings. The molecule has 2 rings (SSSR count). The van der Waals surface area contributed by atoms with Crippen molar-refractivity contribution in [3.05, 3.63) is 34.9 Å². The molecule has 2 unspecified atom stereocenters. The van der Waals surface area contributed by atoms with E-state index in [2.05, 4.69) is 50.8 Å². The van der Waals surface area contributed by atoms with Crippen LogP contribution in [0.2, 0.25) is 0 Å². The Balaban J connectivity index is 2.40. The molecule has 0 spiro atoms. The molecule has 2 N–H and O–H groups in total. The number of nitrogens with two attached hydrogens (primary N) is 1. The second kappa shape index (κ2) is 5.41. The minimum Gasteiger partial charge on any atom is -0.330 e. The second-order valence-electron chi connectivity index (χ2n) is 5.92. The van der Waals surface area contributed by atoms with Gasteiger partial charge in [0.05, 0.1) is 0 Å². The molecule has 2 heteroatoms. The van der Waals surface area contributed by atoms with Gasteiger partial charge in [-0.05, 0) is 64.3 Å². The summed E-state index contributed by atoms with van der Waals surface area (Å²) in [5, 5.41) is 0. The number of rotatable bonds is 3. The van der Waals surface area contributed by atoms with E-state index >= 15 is 0 Å². The zero-order chi connectivity index (χ0) is 13.3. The molecule has 18 heavy (non-hydrogen) atoms. The van der Waals surface area contributed by atoms with E-state index < -0.39 is 0 Å². The van der Waals surface area contributed by atoms with Crippen LogP contribution in [0.4, 0.5) is 0 Å². The van der Waals surface area contributed by atoms with E-state index in [0.717, 1.165) is 6.54 Å². The summed E-state index contributed by atoms with van der Waals surface area (Å²) < 4.78 is 0. The van der Waals surface area contributed by atoms with Crippen molar-refractivity contribution in [2.24, 2.45) is 11.7 Å². The summed E-state index contributed by atoms with van der Waals surface area (Å²) in [4.78, 5) is 2.61. The smallest absolute Gasteiger partial charge is 0.0394 e. The number of likely N-dealkylation sites (tertiary alicyclic amines) is 1. The van der Waals surface area contributed by atoms with Crippen molar-refractivity contribution in [1.82, 2.24) is 4.90 Å². The van der Waals surface area contributed by atoms with Crippen LogP contribution in [0, 0.1) is 19.8 Å². The molecule has 1 aliphatic heterocycles. The molecule has 0 aliphatic carbocycles. The molecule has 1 saturated heterocycles. The molecule has 100 valence electrons. The highest BCUT2D eigenvalue weighted by molar-refractivity contribution is 5.34. The van der Waals surface area contributed by atoms with Crippen molar-refractivity contribution in [2.45, 2.75) is 46.2 Å². The average molecular weight is 246 g/mol. The molecule has 0 bridgehead atoms. The zero-order valence-corrected chi connectivity index (χ0v) is 12.1. The summed E-state index contributed by atoms with van der Waals surface area (Å²) in [5.74, 6) is 0.605. The highest BCUT2D eigenvalue weighted by Crippen LogP contribution is 2.39. The standard InChI is InChI=1S/C16H26N2/c1-11(2)18-8-7-14(10-17)16(18)15-9-12(3)5-6-13(15)4/h5-6,9,11,14,16H,7-8,10,17H2,1-4H3. The molecule has 1 heterocycles. The van der Waals surface area contributed by atoms with E-state index in [1.54, 1.807) is 0 Å². The van der Waals surface area contributed by atoms with Gasteiger partial charge in [0.15, 0.2) is 0 Å². The Bertz CT molecular complexity index is 412. The Kier molecular flexibility index (Phi) is 4.08. The van der Waals surface area contributed by atoms with E-state index in [9.17, 15) is 0 Å². The van der Waals surface area contributed by atoms with Crippen LogP contribution < -0.4 is 5.73 Å². The summed E-state index contributed by atoms with van der Waals surface area (Å²) in [7, 11) is 0. The van der Waals surface area contributed by atoms with E-state index in [1.807, 2.05) is 0 Å². The number of hydrogen-bond donors (Lipinski definition) is 1. The van der Waals surface area contributed by atoms with Gasteiger partial charge in [-0.25, -0.2) is 0 Å². The quantitative estimate of drug-likeness (QED) is 0.888. The predicted molar refractivity (Wildman–Crippen MR) is 77.7 cm³/mol. The van der Waals surface area contributed by atoms with Gasteiger partial charge in [0, 0.05) is 12.1 Å². The fraction of sp³-hybridized carbons (Fsp3) is 0.625. The Morgan fingerprint density at radius 2 is 2.06 bits per heavy atom. The summed E-state index contributed by atoms with van der Waals surface area (Å²) in [6.07, 6.45) is 1.23. The fourth-order valence-corrected chi connectivity index (χ4v) is 3.22. The van der Waals surface area contributed by atoms with Gasteiger partial charge in [0.2, 0.25) is 0 Å². The molecule has 0 aromatic heterocycles. The molecule has 1 aromatic carbocycles. The third kappa shape index (κ3) is 2.45. The van der Waals surface area contributed by atoms with Gasteiger partial charge in [0.1, 0.15) is 0 Å². The predicted octanol–water partition coefficient (Wildman–Crippen LogP) is 3.03. The largest absolute Gasteiger partial charge is 0.330 e. The first-order chi connectivity index (χ1) is 8.54. The van der Waals surface area contributed by atoms with Crippen molar-refractivity contribution in [1.29, 1.82) is 0 Å². The summed E-state index contributed by atoms with van der Waals surface area (Å²) >= 11 is 0. The van der Waals surface area contributed by atoms with Crippen molar-refractivity contribution in [3.8, 4) is 0 Å². The molecule has 0 radical (unpaired) electrons. The lowest BCUT2D eigenvalue weighted by atomic mass is 9.89. The lowest BCUT2D eigenvalue weighted by Crippen LogP contribution is -2.33. The molecule has 2 nitrogen and oxygen atoms in total. The maximum atomic E-state index is 5.99. The minimum atomic E-state index is 0.509.